The lowest BCUT2D eigenvalue weighted by molar-refractivity contribution is 0.00395. The summed E-state index contributed by atoms with van der Waals surface area (Å²) in [4.78, 5) is 18.7. The summed E-state index contributed by atoms with van der Waals surface area (Å²) in [5, 5.41) is 3.29. The zero-order valence-electron chi connectivity index (χ0n) is 15.2. The van der Waals surface area contributed by atoms with Crippen molar-refractivity contribution in [2.75, 3.05) is 19.6 Å². The van der Waals surface area contributed by atoms with Gasteiger partial charge < -0.3 is 15.0 Å². The molecule has 142 valence electrons. The molecule has 1 aliphatic carbocycles. The summed E-state index contributed by atoms with van der Waals surface area (Å²) in [6.07, 6.45) is 9.08. The second kappa shape index (κ2) is 8.33. The highest BCUT2D eigenvalue weighted by Gasteiger charge is 2.38. The van der Waals surface area contributed by atoms with Crippen LogP contribution in [0.3, 0.4) is 0 Å². The minimum atomic E-state index is 0.0910. The maximum atomic E-state index is 12.7. The van der Waals surface area contributed by atoms with Crippen LogP contribution in [0.1, 0.15) is 37.7 Å². The first kappa shape index (κ1) is 17.7. The van der Waals surface area contributed by atoms with Crippen molar-refractivity contribution in [2.45, 2.75) is 56.9 Å². The number of rotatable bonds is 4. The van der Waals surface area contributed by atoms with Crippen LogP contribution in [0.2, 0.25) is 0 Å². The number of piperidine rings is 1. The average molecular weight is 359 g/mol. The summed E-state index contributed by atoms with van der Waals surface area (Å²) >= 11 is 0. The van der Waals surface area contributed by atoms with Gasteiger partial charge in [-0.05, 0) is 43.7 Å². The standard InChI is InChI=1S/C19H29N5O2/c25-19(22-17-4-1-5-18-16(17)12-21-23-18)24-9-6-15(7-10-24)26-13-14-3-2-8-20-11-14/h2-3,8,11,15-18,21,23H,1,4-7,9-10,12-13H2,(H,22,25). The highest BCUT2D eigenvalue weighted by Crippen LogP contribution is 2.27. The molecule has 3 N–H and O–H groups in total. The van der Waals surface area contributed by atoms with Gasteiger partial charge in [0, 0.05) is 50.0 Å². The first-order valence-electron chi connectivity index (χ1n) is 9.84. The number of likely N-dealkylation sites (tertiary alicyclic amines) is 1. The number of carbonyl (C=O) groups excluding carboxylic acids is 1. The second-order valence-corrected chi connectivity index (χ2v) is 7.64. The predicted octanol–water partition coefficient (Wildman–Crippen LogP) is 1.42. The Morgan fingerprint density at radius 1 is 1.31 bits per heavy atom. The van der Waals surface area contributed by atoms with Gasteiger partial charge in [0.05, 0.1) is 12.7 Å². The van der Waals surface area contributed by atoms with Gasteiger partial charge in [0.25, 0.3) is 0 Å². The fraction of sp³-hybridized carbons (Fsp3) is 0.684. The molecule has 26 heavy (non-hydrogen) atoms. The molecule has 1 saturated carbocycles. The van der Waals surface area contributed by atoms with Crippen molar-refractivity contribution in [3.05, 3.63) is 30.1 Å². The molecule has 1 aromatic heterocycles. The molecule has 7 nitrogen and oxygen atoms in total. The fourth-order valence-corrected chi connectivity index (χ4v) is 4.39. The largest absolute Gasteiger partial charge is 0.373 e. The van der Waals surface area contributed by atoms with Gasteiger partial charge in [0.1, 0.15) is 0 Å². The number of hydrogen-bond acceptors (Lipinski definition) is 5. The molecule has 0 radical (unpaired) electrons. The highest BCUT2D eigenvalue weighted by atomic mass is 16.5. The minimum absolute atomic E-state index is 0.0910. The van der Waals surface area contributed by atoms with E-state index in [9.17, 15) is 4.79 Å². The van der Waals surface area contributed by atoms with Crippen LogP contribution in [-0.4, -0.2) is 53.7 Å². The molecule has 3 unspecified atom stereocenters. The van der Waals surface area contributed by atoms with Gasteiger partial charge in [-0.2, -0.15) is 0 Å². The summed E-state index contributed by atoms with van der Waals surface area (Å²) in [5.74, 6) is 0.507. The number of hydrazine groups is 1. The van der Waals surface area contributed by atoms with Crippen LogP contribution < -0.4 is 16.2 Å². The summed E-state index contributed by atoms with van der Waals surface area (Å²) in [7, 11) is 0. The fourth-order valence-electron chi connectivity index (χ4n) is 4.39. The molecule has 2 amide bonds. The quantitative estimate of drug-likeness (QED) is 0.758. The van der Waals surface area contributed by atoms with Crippen molar-refractivity contribution in [2.24, 2.45) is 5.92 Å². The van der Waals surface area contributed by atoms with E-state index in [1.54, 1.807) is 6.20 Å². The zero-order valence-corrected chi connectivity index (χ0v) is 15.2. The lowest BCUT2D eigenvalue weighted by atomic mass is 9.82. The topological polar surface area (TPSA) is 78.5 Å². The summed E-state index contributed by atoms with van der Waals surface area (Å²) in [6, 6.07) is 4.83. The number of hydrogen-bond donors (Lipinski definition) is 3. The van der Waals surface area contributed by atoms with Crippen LogP contribution >= 0.6 is 0 Å². The number of aromatic nitrogens is 1. The number of urea groups is 1. The van der Waals surface area contributed by atoms with E-state index in [4.69, 9.17) is 4.74 Å². The van der Waals surface area contributed by atoms with Crippen molar-refractivity contribution in [3.8, 4) is 0 Å². The van der Waals surface area contributed by atoms with Gasteiger partial charge in [-0.3, -0.25) is 15.8 Å². The molecule has 7 heteroatoms. The van der Waals surface area contributed by atoms with Crippen molar-refractivity contribution in [1.29, 1.82) is 0 Å². The third-order valence-corrected chi connectivity index (χ3v) is 5.94. The lowest BCUT2D eigenvalue weighted by Gasteiger charge is -2.37. The zero-order chi connectivity index (χ0) is 17.8. The molecule has 3 aliphatic rings. The molecule has 1 aromatic rings. The molecular formula is C19H29N5O2. The molecular weight excluding hydrogens is 330 g/mol. The minimum Gasteiger partial charge on any atom is -0.373 e. The Bertz CT molecular complexity index is 591. The van der Waals surface area contributed by atoms with E-state index in [2.05, 4.69) is 21.2 Å². The smallest absolute Gasteiger partial charge is 0.317 e. The van der Waals surface area contributed by atoms with Crippen LogP contribution in [0, 0.1) is 5.92 Å². The Morgan fingerprint density at radius 3 is 3.00 bits per heavy atom. The number of nitrogens with one attached hydrogen (secondary N) is 3. The molecule has 4 rings (SSSR count). The first-order chi connectivity index (χ1) is 12.8. The maximum Gasteiger partial charge on any atom is 0.317 e. The molecule has 0 spiro atoms. The monoisotopic (exact) mass is 359 g/mol. The Hall–Kier alpha value is -1.70. The maximum absolute atomic E-state index is 12.7. The molecule has 2 saturated heterocycles. The number of pyridine rings is 1. The number of fused-ring (bicyclic) bond motifs is 1. The summed E-state index contributed by atoms with van der Waals surface area (Å²) in [6.45, 7) is 3.07. The van der Waals surface area contributed by atoms with E-state index in [0.29, 0.717) is 18.6 Å². The van der Waals surface area contributed by atoms with Crippen LogP contribution in [-0.2, 0) is 11.3 Å². The van der Waals surface area contributed by atoms with E-state index in [1.165, 1.54) is 12.8 Å². The Balaban J connectivity index is 1.21. The van der Waals surface area contributed by atoms with Crippen molar-refractivity contribution >= 4 is 6.03 Å². The summed E-state index contributed by atoms with van der Waals surface area (Å²) < 4.78 is 5.99. The van der Waals surface area contributed by atoms with Crippen LogP contribution in [0.25, 0.3) is 0 Å². The van der Waals surface area contributed by atoms with E-state index >= 15 is 0 Å². The Morgan fingerprint density at radius 2 is 2.19 bits per heavy atom. The van der Waals surface area contributed by atoms with Gasteiger partial charge >= 0.3 is 6.03 Å². The number of amides is 2. The van der Waals surface area contributed by atoms with E-state index in [-0.39, 0.29) is 18.2 Å². The van der Waals surface area contributed by atoms with Crippen molar-refractivity contribution < 1.29 is 9.53 Å². The van der Waals surface area contributed by atoms with E-state index < -0.39 is 0 Å². The third kappa shape index (κ3) is 4.16. The van der Waals surface area contributed by atoms with Gasteiger partial charge in [-0.25, -0.2) is 4.79 Å². The van der Waals surface area contributed by atoms with Gasteiger partial charge in [-0.1, -0.05) is 6.07 Å². The molecule has 2 aliphatic heterocycles. The van der Waals surface area contributed by atoms with Gasteiger partial charge in [0.15, 0.2) is 0 Å². The summed E-state index contributed by atoms with van der Waals surface area (Å²) in [5.41, 5.74) is 7.68. The van der Waals surface area contributed by atoms with Crippen molar-refractivity contribution in [3.63, 3.8) is 0 Å². The van der Waals surface area contributed by atoms with Gasteiger partial charge in [-0.15, -0.1) is 0 Å². The van der Waals surface area contributed by atoms with E-state index in [1.807, 2.05) is 23.2 Å². The van der Waals surface area contributed by atoms with E-state index in [0.717, 1.165) is 44.5 Å². The van der Waals surface area contributed by atoms with Crippen molar-refractivity contribution in [1.82, 2.24) is 26.1 Å². The number of nitrogens with zero attached hydrogens (tertiary/aromatic N) is 2. The highest BCUT2D eigenvalue weighted by molar-refractivity contribution is 5.74. The molecule has 3 fully saturated rings. The Labute approximate surface area is 154 Å². The SMILES string of the molecule is O=C(NC1CCCC2NNCC21)N1CCC(OCc2cccnc2)CC1. The Kier molecular flexibility index (Phi) is 5.67. The van der Waals surface area contributed by atoms with Gasteiger partial charge in [0.2, 0.25) is 0 Å². The first-order valence-corrected chi connectivity index (χ1v) is 9.84. The normalized spacial score (nSPS) is 29.4. The number of carbonyl (C=O) groups is 1. The van der Waals surface area contributed by atoms with Crippen LogP contribution in [0.15, 0.2) is 24.5 Å². The molecule has 0 aromatic carbocycles. The average Bonchev–Trinajstić information content (AvgIpc) is 3.17. The third-order valence-electron chi connectivity index (χ3n) is 5.94. The second-order valence-electron chi connectivity index (χ2n) is 7.64. The van der Waals surface area contributed by atoms with Crippen LogP contribution in [0.4, 0.5) is 4.79 Å². The molecule has 0 bridgehead atoms. The predicted molar refractivity (Wildman–Crippen MR) is 98.2 cm³/mol. The number of ether oxygens (including phenoxy) is 1. The molecule has 3 heterocycles. The molecule has 3 atom stereocenters. The van der Waals surface area contributed by atoms with Crippen LogP contribution in [0.5, 0.6) is 0 Å². The lowest BCUT2D eigenvalue weighted by Crippen LogP contribution is -2.53.